The van der Waals surface area contributed by atoms with Crippen LogP contribution in [0, 0.1) is 12.3 Å². The van der Waals surface area contributed by atoms with Crippen molar-refractivity contribution in [2.24, 2.45) is 0 Å². The molecule has 1 atom stereocenters. The summed E-state index contributed by atoms with van der Waals surface area (Å²) >= 11 is 0. The highest BCUT2D eigenvalue weighted by molar-refractivity contribution is 5.77. The summed E-state index contributed by atoms with van der Waals surface area (Å²) in [5.74, 6) is 2.61. The lowest BCUT2D eigenvalue weighted by Crippen LogP contribution is -2.28. The number of ether oxygens (including phenoxy) is 1. The molecule has 0 saturated carbocycles. The monoisotopic (exact) mass is 233 g/mol. The Morgan fingerprint density at radius 2 is 2.18 bits per heavy atom. The molecular formula is C13H15NO3. The Labute approximate surface area is 101 Å². The summed E-state index contributed by atoms with van der Waals surface area (Å²) in [5, 5.41) is 11.8. The van der Waals surface area contributed by atoms with Crippen LogP contribution in [0.3, 0.4) is 0 Å². The van der Waals surface area contributed by atoms with Crippen molar-refractivity contribution in [2.75, 3.05) is 13.2 Å². The van der Waals surface area contributed by atoms with Gasteiger partial charge in [0.25, 0.3) is 5.91 Å². The molecule has 0 bridgehead atoms. The van der Waals surface area contributed by atoms with Crippen LogP contribution in [0.1, 0.15) is 18.6 Å². The molecule has 0 fully saturated rings. The van der Waals surface area contributed by atoms with Crippen LogP contribution in [0.2, 0.25) is 0 Å². The minimum atomic E-state index is -0.511. The van der Waals surface area contributed by atoms with Gasteiger partial charge < -0.3 is 15.2 Å². The number of hydrogen-bond donors (Lipinski definition) is 2. The highest BCUT2D eigenvalue weighted by atomic mass is 16.5. The summed E-state index contributed by atoms with van der Waals surface area (Å²) in [5.41, 5.74) is 0.800. The standard InChI is InChI=1S/C13H15NO3/c1-3-8-14-13(16)9-17-12-6-4-11(5-7-12)10(2)15/h1,4-7,10,15H,8-9H2,2H3,(H,14,16). The van der Waals surface area contributed by atoms with Gasteiger partial charge in [0.1, 0.15) is 5.75 Å². The van der Waals surface area contributed by atoms with Gasteiger partial charge in [0, 0.05) is 0 Å². The number of aliphatic hydroxyl groups excluding tert-OH is 1. The van der Waals surface area contributed by atoms with Crippen molar-refractivity contribution in [3.05, 3.63) is 29.8 Å². The molecule has 0 heterocycles. The first-order chi connectivity index (χ1) is 8.13. The molecule has 17 heavy (non-hydrogen) atoms. The van der Waals surface area contributed by atoms with E-state index in [2.05, 4.69) is 11.2 Å². The first-order valence-corrected chi connectivity index (χ1v) is 5.24. The second-order valence-corrected chi connectivity index (χ2v) is 3.51. The fourth-order valence-electron chi connectivity index (χ4n) is 1.19. The van der Waals surface area contributed by atoms with E-state index in [-0.39, 0.29) is 19.1 Å². The molecule has 0 aliphatic heterocycles. The number of terminal acetylenes is 1. The molecule has 1 unspecified atom stereocenters. The van der Waals surface area contributed by atoms with Gasteiger partial charge in [-0.3, -0.25) is 4.79 Å². The Morgan fingerprint density at radius 1 is 1.53 bits per heavy atom. The van der Waals surface area contributed by atoms with Crippen molar-refractivity contribution >= 4 is 5.91 Å². The maximum absolute atomic E-state index is 11.2. The van der Waals surface area contributed by atoms with E-state index in [1.165, 1.54) is 0 Å². The third-order valence-corrected chi connectivity index (χ3v) is 2.12. The molecule has 4 heteroatoms. The van der Waals surface area contributed by atoms with Crippen molar-refractivity contribution in [1.82, 2.24) is 5.32 Å². The highest BCUT2D eigenvalue weighted by Crippen LogP contribution is 2.16. The quantitative estimate of drug-likeness (QED) is 0.742. The molecule has 1 rings (SSSR count). The Morgan fingerprint density at radius 3 is 2.71 bits per heavy atom. The van der Waals surface area contributed by atoms with Crippen LogP contribution in [-0.4, -0.2) is 24.2 Å². The normalized spacial score (nSPS) is 11.4. The van der Waals surface area contributed by atoms with Crippen LogP contribution >= 0.6 is 0 Å². The van der Waals surface area contributed by atoms with E-state index >= 15 is 0 Å². The van der Waals surface area contributed by atoms with Crippen LogP contribution in [-0.2, 0) is 4.79 Å². The summed E-state index contributed by atoms with van der Waals surface area (Å²) in [6.45, 7) is 1.81. The largest absolute Gasteiger partial charge is 0.484 e. The molecule has 0 saturated heterocycles. The van der Waals surface area contributed by atoms with E-state index in [9.17, 15) is 9.90 Å². The molecule has 4 nitrogen and oxygen atoms in total. The third-order valence-electron chi connectivity index (χ3n) is 2.12. The van der Waals surface area contributed by atoms with Crippen molar-refractivity contribution in [3.8, 4) is 18.1 Å². The summed E-state index contributed by atoms with van der Waals surface area (Å²) in [6, 6.07) is 6.91. The number of carbonyl (C=O) groups is 1. The minimum Gasteiger partial charge on any atom is -0.484 e. The molecule has 2 N–H and O–H groups in total. The number of nitrogens with one attached hydrogen (secondary N) is 1. The summed E-state index contributed by atoms with van der Waals surface area (Å²) < 4.78 is 5.24. The lowest BCUT2D eigenvalue weighted by Gasteiger charge is -2.08. The topological polar surface area (TPSA) is 58.6 Å². The molecule has 1 aromatic rings. The molecule has 1 amide bonds. The van der Waals surface area contributed by atoms with Gasteiger partial charge in [-0.05, 0) is 24.6 Å². The van der Waals surface area contributed by atoms with Crippen molar-refractivity contribution in [3.63, 3.8) is 0 Å². The van der Waals surface area contributed by atoms with Crippen LogP contribution in [0.25, 0.3) is 0 Å². The molecule has 0 spiro atoms. The van der Waals surface area contributed by atoms with Gasteiger partial charge in [0.15, 0.2) is 6.61 Å². The molecule has 90 valence electrons. The van der Waals surface area contributed by atoms with Crippen molar-refractivity contribution in [2.45, 2.75) is 13.0 Å². The Balaban J connectivity index is 2.42. The number of carbonyl (C=O) groups excluding carboxylic acids is 1. The van der Waals surface area contributed by atoms with E-state index in [4.69, 9.17) is 11.2 Å². The maximum Gasteiger partial charge on any atom is 0.258 e. The second kappa shape index (κ2) is 6.56. The lowest BCUT2D eigenvalue weighted by atomic mass is 10.1. The molecule has 0 aliphatic carbocycles. The first-order valence-electron chi connectivity index (χ1n) is 5.24. The lowest BCUT2D eigenvalue weighted by molar-refractivity contribution is -0.122. The van der Waals surface area contributed by atoms with Gasteiger partial charge in [-0.15, -0.1) is 6.42 Å². The van der Waals surface area contributed by atoms with E-state index in [1.54, 1.807) is 31.2 Å². The summed E-state index contributed by atoms with van der Waals surface area (Å²) in [4.78, 5) is 11.2. The number of amides is 1. The van der Waals surface area contributed by atoms with Crippen molar-refractivity contribution in [1.29, 1.82) is 0 Å². The van der Waals surface area contributed by atoms with Gasteiger partial charge in [-0.1, -0.05) is 18.1 Å². The molecule has 0 radical (unpaired) electrons. The van der Waals surface area contributed by atoms with E-state index in [0.29, 0.717) is 5.75 Å². The fraction of sp³-hybridized carbons (Fsp3) is 0.308. The number of hydrogen-bond acceptors (Lipinski definition) is 3. The van der Waals surface area contributed by atoms with E-state index < -0.39 is 6.10 Å². The minimum absolute atomic E-state index is 0.0737. The molecule has 0 aliphatic rings. The van der Waals surface area contributed by atoms with Gasteiger partial charge in [-0.25, -0.2) is 0 Å². The van der Waals surface area contributed by atoms with Gasteiger partial charge in [0.2, 0.25) is 0 Å². The van der Waals surface area contributed by atoms with Crippen LogP contribution in [0.4, 0.5) is 0 Å². The molecular weight excluding hydrogens is 218 g/mol. The maximum atomic E-state index is 11.2. The number of aliphatic hydroxyl groups is 1. The second-order valence-electron chi connectivity index (χ2n) is 3.51. The predicted molar refractivity (Wildman–Crippen MR) is 64.4 cm³/mol. The van der Waals surface area contributed by atoms with E-state index in [1.807, 2.05) is 0 Å². The fourth-order valence-corrected chi connectivity index (χ4v) is 1.19. The summed E-state index contributed by atoms with van der Waals surface area (Å²) in [6.07, 6.45) is 4.49. The summed E-state index contributed by atoms with van der Waals surface area (Å²) in [7, 11) is 0. The third kappa shape index (κ3) is 4.58. The van der Waals surface area contributed by atoms with Crippen LogP contribution in [0.5, 0.6) is 5.75 Å². The average Bonchev–Trinajstić information content (AvgIpc) is 2.34. The Kier molecular flexibility index (Phi) is 5.05. The Bertz CT molecular complexity index is 404. The van der Waals surface area contributed by atoms with Gasteiger partial charge >= 0.3 is 0 Å². The van der Waals surface area contributed by atoms with Crippen molar-refractivity contribution < 1.29 is 14.6 Å². The highest BCUT2D eigenvalue weighted by Gasteiger charge is 2.03. The SMILES string of the molecule is C#CCNC(=O)COc1ccc(C(C)O)cc1. The smallest absolute Gasteiger partial charge is 0.258 e. The Hall–Kier alpha value is -1.99. The van der Waals surface area contributed by atoms with Gasteiger partial charge in [-0.2, -0.15) is 0 Å². The molecule has 1 aromatic carbocycles. The van der Waals surface area contributed by atoms with Crippen LogP contribution < -0.4 is 10.1 Å². The number of benzene rings is 1. The first kappa shape index (κ1) is 13.1. The van der Waals surface area contributed by atoms with Crippen LogP contribution in [0.15, 0.2) is 24.3 Å². The predicted octanol–water partition coefficient (Wildman–Crippen LogP) is 0.868. The van der Waals surface area contributed by atoms with E-state index in [0.717, 1.165) is 5.56 Å². The number of rotatable bonds is 5. The average molecular weight is 233 g/mol. The van der Waals surface area contributed by atoms with Gasteiger partial charge in [0.05, 0.1) is 12.6 Å². The zero-order valence-corrected chi connectivity index (χ0v) is 9.64. The molecule has 0 aromatic heterocycles. The zero-order valence-electron chi connectivity index (χ0n) is 9.64. The zero-order chi connectivity index (χ0) is 12.7.